The normalized spacial score (nSPS) is 24.1. The lowest BCUT2D eigenvalue weighted by molar-refractivity contribution is 0.115. The van der Waals surface area contributed by atoms with Crippen LogP contribution in [0.25, 0.3) is 0 Å². The number of hydrogen-bond acceptors (Lipinski definition) is 2. The van der Waals surface area contributed by atoms with E-state index in [1.807, 2.05) is 0 Å². The SMILES string of the molecule is N#CC1CCCCC1Oc1ccc(F)cc1F. The molecule has 17 heavy (non-hydrogen) atoms. The van der Waals surface area contributed by atoms with E-state index in [0.717, 1.165) is 37.8 Å². The van der Waals surface area contributed by atoms with Crippen molar-refractivity contribution >= 4 is 0 Å². The number of benzene rings is 1. The Bertz CT molecular complexity index is 442. The predicted octanol–water partition coefficient (Wildman–Crippen LogP) is 3.43. The van der Waals surface area contributed by atoms with Gasteiger partial charge < -0.3 is 4.74 Å². The molecule has 1 aromatic carbocycles. The molecular formula is C13H13F2NO. The van der Waals surface area contributed by atoms with Crippen molar-refractivity contribution < 1.29 is 13.5 Å². The van der Waals surface area contributed by atoms with E-state index in [1.165, 1.54) is 6.07 Å². The van der Waals surface area contributed by atoms with Gasteiger partial charge >= 0.3 is 0 Å². The number of hydrogen-bond donors (Lipinski definition) is 0. The molecule has 0 radical (unpaired) electrons. The van der Waals surface area contributed by atoms with Crippen molar-refractivity contribution in [3.8, 4) is 11.8 Å². The van der Waals surface area contributed by atoms with Crippen LogP contribution in [0.1, 0.15) is 25.7 Å². The molecular weight excluding hydrogens is 224 g/mol. The van der Waals surface area contributed by atoms with Crippen molar-refractivity contribution in [2.75, 3.05) is 0 Å². The van der Waals surface area contributed by atoms with E-state index in [9.17, 15) is 8.78 Å². The Hall–Kier alpha value is -1.63. The molecule has 1 aromatic rings. The molecule has 2 nitrogen and oxygen atoms in total. The van der Waals surface area contributed by atoms with Gasteiger partial charge in [0.25, 0.3) is 0 Å². The highest BCUT2D eigenvalue weighted by Crippen LogP contribution is 2.29. The second-order valence-electron chi connectivity index (χ2n) is 4.25. The van der Waals surface area contributed by atoms with Crippen LogP contribution in [0.5, 0.6) is 5.75 Å². The van der Waals surface area contributed by atoms with Crippen LogP contribution in [0, 0.1) is 28.9 Å². The van der Waals surface area contributed by atoms with E-state index in [0.29, 0.717) is 0 Å². The van der Waals surface area contributed by atoms with Gasteiger partial charge in [0.1, 0.15) is 11.9 Å². The molecule has 0 amide bonds. The summed E-state index contributed by atoms with van der Waals surface area (Å²) in [6, 6.07) is 5.40. The molecule has 1 aliphatic carbocycles. The highest BCUT2D eigenvalue weighted by atomic mass is 19.1. The molecule has 1 saturated carbocycles. The zero-order valence-corrected chi connectivity index (χ0v) is 9.33. The highest BCUT2D eigenvalue weighted by Gasteiger charge is 2.27. The Balaban J connectivity index is 2.11. The van der Waals surface area contributed by atoms with Gasteiger partial charge in [-0.3, -0.25) is 0 Å². The Labute approximate surface area is 98.8 Å². The number of rotatable bonds is 2. The number of ether oxygens (including phenoxy) is 1. The first kappa shape index (κ1) is 11.8. The van der Waals surface area contributed by atoms with Gasteiger partial charge in [-0.25, -0.2) is 8.78 Å². The summed E-state index contributed by atoms with van der Waals surface area (Å²) < 4.78 is 31.6. The zero-order chi connectivity index (χ0) is 12.3. The molecule has 2 rings (SSSR count). The van der Waals surface area contributed by atoms with Crippen LogP contribution < -0.4 is 4.74 Å². The van der Waals surface area contributed by atoms with Crippen molar-refractivity contribution in [2.24, 2.45) is 5.92 Å². The summed E-state index contributed by atoms with van der Waals surface area (Å²) >= 11 is 0. The average Bonchev–Trinajstić information content (AvgIpc) is 2.33. The molecule has 0 saturated heterocycles. The minimum atomic E-state index is -0.715. The Kier molecular flexibility index (Phi) is 3.58. The van der Waals surface area contributed by atoms with Crippen LogP contribution in [0.15, 0.2) is 18.2 Å². The summed E-state index contributed by atoms with van der Waals surface area (Å²) in [6.07, 6.45) is 3.23. The van der Waals surface area contributed by atoms with Gasteiger partial charge in [-0.05, 0) is 31.4 Å². The molecule has 2 unspecified atom stereocenters. The fraction of sp³-hybridized carbons (Fsp3) is 0.462. The number of nitriles is 1. The highest BCUT2D eigenvalue weighted by molar-refractivity contribution is 5.25. The fourth-order valence-electron chi connectivity index (χ4n) is 2.12. The first-order chi connectivity index (χ1) is 8.20. The van der Waals surface area contributed by atoms with Crippen molar-refractivity contribution in [1.29, 1.82) is 5.26 Å². The molecule has 0 aliphatic heterocycles. The van der Waals surface area contributed by atoms with Crippen LogP contribution >= 0.6 is 0 Å². The number of halogens is 2. The lowest BCUT2D eigenvalue weighted by atomic mass is 9.87. The Morgan fingerprint density at radius 1 is 1.24 bits per heavy atom. The Morgan fingerprint density at radius 2 is 2.00 bits per heavy atom. The van der Waals surface area contributed by atoms with E-state index < -0.39 is 11.6 Å². The van der Waals surface area contributed by atoms with E-state index in [1.54, 1.807) is 0 Å². The van der Waals surface area contributed by atoms with Crippen LogP contribution in [-0.2, 0) is 0 Å². The summed E-state index contributed by atoms with van der Waals surface area (Å²) in [7, 11) is 0. The smallest absolute Gasteiger partial charge is 0.167 e. The summed E-state index contributed by atoms with van der Waals surface area (Å²) in [6.45, 7) is 0. The first-order valence-corrected chi connectivity index (χ1v) is 5.72. The van der Waals surface area contributed by atoms with E-state index in [4.69, 9.17) is 10.00 Å². The number of nitrogens with zero attached hydrogens (tertiary/aromatic N) is 1. The standard InChI is InChI=1S/C13H13F2NO/c14-10-5-6-13(11(15)7-10)17-12-4-2-1-3-9(12)8-16/h5-7,9,12H,1-4H2. The van der Waals surface area contributed by atoms with E-state index in [2.05, 4.69) is 6.07 Å². The maximum atomic E-state index is 13.4. The van der Waals surface area contributed by atoms with Gasteiger partial charge in [-0.2, -0.15) is 5.26 Å². The summed E-state index contributed by atoms with van der Waals surface area (Å²) in [5, 5.41) is 8.97. The van der Waals surface area contributed by atoms with E-state index in [-0.39, 0.29) is 17.8 Å². The molecule has 0 aromatic heterocycles. The topological polar surface area (TPSA) is 33.0 Å². The van der Waals surface area contributed by atoms with E-state index >= 15 is 0 Å². The molecule has 1 fully saturated rings. The first-order valence-electron chi connectivity index (χ1n) is 5.72. The van der Waals surface area contributed by atoms with Gasteiger partial charge in [-0.1, -0.05) is 6.42 Å². The van der Waals surface area contributed by atoms with Crippen LogP contribution in [-0.4, -0.2) is 6.10 Å². The second-order valence-corrected chi connectivity index (χ2v) is 4.25. The van der Waals surface area contributed by atoms with Crippen molar-refractivity contribution in [3.05, 3.63) is 29.8 Å². The summed E-state index contributed by atoms with van der Waals surface area (Å²) in [4.78, 5) is 0. The zero-order valence-electron chi connectivity index (χ0n) is 9.33. The molecule has 0 bridgehead atoms. The van der Waals surface area contributed by atoms with Crippen molar-refractivity contribution in [3.63, 3.8) is 0 Å². The monoisotopic (exact) mass is 237 g/mol. The molecule has 4 heteroatoms. The summed E-state index contributed by atoms with van der Waals surface area (Å²) in [5.41, 5.74) is 0. The molecule has 0 spiro atoms. The molecule has 2 atom stereocenters. The van der Waals surface area contributed by atoms with Gasteiger partial charge in [0, 0.05) is 6.07 Å². The minimum Gasteiger partial charge on any atom is -0.486 e. The molecule has 0 heterocycles. The van der Waals surface area contributed by atoms with Crippen LogP contribution in [0.2, 0.25) is 0 Å². The van der Waals surface area contributed by atoms with Crippen molar-refractivity contribution in [1.82, 2.24) is 0 Å². The largest absolute Gasteiger partial charge is 0.486 e. The van der Waals surface area contributed by atoms with Crippen molar-refractivity contribution in [2.45, 2.75) is 31.8 Å². The predicted molar refractivity (Wildman–Crippen MR) is 58.3 cm³/mol. The lowest BCUT2D eigenvalue weighted by Crippen LogP contribution is -2.29. The third-order valence-corrected chi connectivity index (χ3v) is 3.04. The van der Waals surface area contributed by atoms with Gasteiger partial charge in [0.15, 0.2) is 11.6 Å². The maximum Gasteiger partial charge on any atom is 0.167 e. The maximum absolute atomic E-state index is 13.4. The van der Waals surface area contributed by atoms with Crippen LogP contribution in [0.4, 0.5) is 8.78 Å². The van der Waals surface area contributed by atoms with Gasteiger partial charge in [0.05, 0.1) is 12.0 Å². The summed E-state index contributed by atoms with van der Waals surface area (Å²) in [5.74, 6) is -1.52. The van der Waals surface area contributed by atoms with Gasteiger partial charge in [-0.15, -0.1) is 0 Å². The minimum absolute atomic E-state index is 0.0264. The second kappa shape index (κ2) is 5.13. The quantitative estimate of drug-likeness (QED) is 0.789. The fourth-order valence-corrected chi connectivity index (χ4v) is 2.12. The Morgan fingerprint density at radius 3 is 2.71 bits per heavy atom. The van der Waals surface area contributed by atoms with Crippen LogP contribution in [0.3, 0.4) is 0 Å². The molecule has 0 N–H and O–H groups in total. The third kappa shape index (κ3) is 2.73. The van der Waals surface area contributed by atoms with Gasteiger partial charge in [0.2, 0.25) is 0 Å². The lowest BCUT2D eigenvalue weighted by Gasteiger charge is -2.27. The average molecular weight is 237 g/mol. The molecule has 1 aliphatic rings. The molecule has 90 valence electrons. The third-order valence-electron chi connectivity index (χ3n) is 3.04.